The van der Waals surface area contributed by atoms with E-state index in [2.05, 4.69) is 6.92 Å². The van der Waals surface area contributed by atoms with E-state index in [0.29, 0.717) is 0 Å². The number of unbranched alkanes of at least 4 members (excludes halogenated alkanes) is 1. The smallest absolute Gasteiger partial charge is 0.126 e. The van der Waals surface area contributed by atoms with Crippen molar-refractivity contribution in [3.8, 4) is 0 Å². The largest absolute Gasteiger partial charge is 0.303 e. The molecule has 70 valence electrons. The number of carbonyl (C=O) groups is 1. The zero-order valence-electron chi connectivity index (χ0n) is 8.14. The van der Waals surface area contributed by atoms with Crippen molar-refractivity contribution in [2.24, 2.45) is 5.41 Å². The molecule has 1 heteroatoms. The van der Waals surface area contributed by atoms with Gasteiger partial charge < -0.3 is 4.79 Å². The van der Waals surface area contributed by atoms with E-state index in [1.165, 1.54) is 38.4 Å². The lowest BCUT2D eigenvalue weighted by Gasteiger charge is -2.31. The van der Waals surface area contributed by atoms with Crippen LogP contribution in [0, 0.1) is 5.41 Å². The minimum atomic E-state index is 0.0915. The summed E-state index contributed by atoms with van der Waals surface area (Å²) in [4.78, 5) is 11.0. The van der Waals surface area contributed by atoms with Gasteiger partial charge in [-0.2, -0.15) is 0 Å². The van der Waals surface area contributed by atoms with Gasteiger partial charge in [-0.1, -0.05) is 39.0 Å². The number of carbonyl (C=O) groups excluding carboxylic acids is 1. The van der Waals surface area contributed by atoms with E-state index in [9.17, 15) is 4.79 Å². The Morgan fingerprint density at radius 1 is 1.25 bits per heavy atom. The zero-order valence-corrected chi connectivity index (χ0v) is 8.14. The molecule has 0 unspecified atom stereocenters. The Morgan fingerprint density at radius 3 is 2.42 bits per heavy atom. The maximum absolute atomic E-state index is 11.0. The molecular formula is C11H20O. The minimum Gasteiger partial charge on any atom is -0.303 e. The van der Waals surface area contributed by atoms with Crippen LogP contribution in [-0.2, 0) is 4.79 Å². The first-order valence-electron chi connectivity index (χ1n) is 5.29. The van der Waals surface area contributed by atoms with Crippen LogP contribution < -0.4 is 0 Å². The lowest BCUT2D eigenvalue weighted by Crippen LogP contribution is -2.25. The number of hydrogen-bond donors (Lipinski definition) is 0. The fourth-order valence-corrected chi connectivity index (χ4v) is 2.21. The van der Waals surface area contributed by atoms with Gasteiger partial charge in [-0.3, -0.25) is 0 Å². The average Bonchev–Trinajstić information content (AvgIpc) is 2.16. The van der Waals surface area contributed by atoms with Gasteiger partial charge in [0.1, 0.15) is 6.29 Å². The molecule has 0 aromatic rings. The Kier molecular flexibility index (Phi) is 3.77. The van der Waals surface area contributed by atoms with Crippen molar-refractivity contribution in [1.29, 1.82) is 0 Å². The maximum Gasteiger partial charge on any atom is 0.126 e. The van der Waals surface area contributed by atoms with Gasteiger partial charge in [-0.25, -0.2) is 0 Å². The first kappa shape index (κ1) is 9.76. The molecule has 0 aliphatic heterocycles. The van der Waals surface area contributed by atoms with Gasteiger partial charge in [0.2, 0.25) is 0 Å². The third kappa shape index (κ3) is 2.33. The van der Waals surface area contributed by atoms with Gasteiger partial charge in [0, 0.05) is 5.41 Å². The SMILES string of the molecule is CCCCC1(C=O)CCCCC1. The van der Waals surface area contributed by atoms with E-state index in [4.69, 9.17) is 0 Å². The molecule has 0 aromatic heterocycles. The van der Waals surface area contributed by atoms with Crippen LogP contribution in [0.2, 0.25) is 0 Å². The second-order valence-corrected chi connectivity index (χ2v) is 4.14. The summed E-state index contributed by atoms with van der Waals surface area (Å²) < 4.78 is 0. The first-order valence-corrected chi connectivity index (χ1v) is 5.29. The Morgan fingerprint density at radius 2 is 1.92 bits per heavy atom. The van der Waals surface area contributed by atoms with Crippen molar-refractivity contribution in [3.05, 3.63) is 0 Å². The molecule has 0 heterocycles. The lowest BCUT2D eigenvalue weighted by atomic mass is 9.72. The Hall–Kier alpha value is -0.330. The van der Waals surface area contributed by atoms with Gasteiger partial charge in [0.15, 0.2) is 0 Å². The summed E-state index contributed by atoms with van der Waals surface area (Å²) in [5.74, 6) is 0. The van der Waals surface area contributed by atoms with Crippen molar-refractivity contribution < 1.29 is 4.79 Å². The number of hydrogen-bond acceptors (Lipinski definition) is 1. The molecule has 0 spiro atoms. The molecule has 0 amide bonds. The van der Waals surface area contributed by atoms with Crippen LogP contribution in [0.4, 0.5) is 0 Å². The molecule has 0 saturated heterocycles. The van der Waals surface area contributed by atoms with E-state index in [-0.39, 0.29) is 5.41 Å². The predicted molar refractivity (Wildman–Crippen MR) is 51.1 cm³/mol. The fourth-order valence-electron chi connectivity index (χ4n) is 2.21. The molecule has 0 N–H and O–H groups in total. The highest BCUT2D eigenvalue weighted by Gasteiger charge is 2.30. The molecule has 12 heavy (non-hydrogen) atoms. The average molecular weight is 168 g/mol. The molecule has 1 rings (SSSR count). The van der Waals surface area contributed by atoms with E-state index in [0.717, 1.165) is 19.3 Å². The van der Waals surface area contributed by atoms with E-state index in [1.807, 2.05) is 0 Å². The van der Waals surface area contributed by atoms with Gasteiger partial charge in [0.25, 0.3) is 0 Å². The quantitative estimate of drug-likeness (QED) is 0.588. The van der Waals surface area contributed by atoms with E-state index >= 15 is 0 Å². The molecule has 0 bridgehead atoms. The molecular weight excluding hydrogens is 148 g/mol. The standard InChI is InChI=1S/C11H20O/c1-2-3-7-11(10-12)8-5-4-6-9-11/h10H,2-9H2,1H3. The molecule has 1 aliphatic rings. The Bertz CT molecular complexity index is 134. The monoisotopic (exact) mass is 168 g/mol. The molecule has 0 radical (unpaired) electrons. The Balaban J connectivity index is 2.42. The number of aldehydes is 1. The third-order valence-electron chi connectivity index (χ3n) is 3.13. The van der Waals surface area contributed by atoms with Crippen LogP contribution in [0.3, 0.4) is 0 Å². The normalized spacial score (nSPS) is 22.1. The fraction of sp³-hybridized carbons (Fsp3) is 0.909. The summed E-state index contributed by atoms with van der Waals surface area (Å²) in [6, 6.07) is 0. The zero-order chi connectivity index (χ0) is 8.86. The predicted octanol–water partition coefficient (Wildman–Crippen LogP) is 3.33. The van der Waals surface area contributed by atoms with Gasteiger partial charge in [0.05, 0.1) is 0 Å². The lowest BCUT2D eigenvalue weighted by molar-refractivity contribution is -0.118. The molecule has 1 aliphatic carbocycles. The van der Waals surface area contributed by atoms with Gasteiger partial charge >= 0.3 is 0 Å². The van der Waals surface area contributed by atoms with Crippen molar-refractivity contribution >= 4 is 6.29 Å². The summed E-state index contributed by atoms with van der Waals surface area (Å²) in [5, 5.41) is 0. The molecule has 1 fully saturated rings. The Labute approximate surface area is 75.5 Å². The highest BCUT2D eigenvalue weighted by Crippen LogP contribution is 2.38. The van der Waals surface area contributed by atoms with Crippen molar-refractivity contribution in [3.63, 3.8) is 0 Å². The van der Waals surface area contributed by atoms with Gasteiger partial charge in [-0.15, -0.1) is 0 Å². The summed E-state index contributed by atoms with van der Waals surface area (Å²) >= 11 is 0. The highest BCUT2D eigenvalue weighted by molar-refractivity contribution is 5.59. The van der Waals surface area contributed by atoms with Crippen LogP contribution in [0.5, 0.6) is 0 Å². The van der Waals surface area contributed by atoms with E-state index < -0.39 is 0 Å². The summed E-state index contributed by atoms with van der Waals surface area (Å²) in [7, 11) is 0. The second kappa shape index (κ2) is 4.64. The van der Waals surface area contributed by atoms with Crippen molar-refractivity contribution in [2.75, 3.05) is 0 Å². The third-order valence-corrected chi connectivity index (χ3v) is 3.13. The topological polar surface area (TPSA) is 17.1 Å². The summed E-state index contributed by atoms with van der Waals surface area (Å²) in [6.07, 6.45) is 11.0. The van der Waals surface area contributed by atoms with Crippen molar-refractivity contribution in [2.45, 2.75) is 58.3 Å². The molecule has 1 nitrogen and oxygen atoms in total. The first-order chi connectivity index (χ1) is 5.83. The molecule has 1 saturated carbocycles. The second-order valence-electron chi connectivity index (χ2n) is 4.14. The van der Waals surface area contributed by atoms with Crippen LogP contribution >= 0.6 is 0 Å². The van der Waals surface area contributed by atoms with Crippen molar-refractivity contribution in [1.82, 2.24) is 0 Å². The molecule has 0 atom stereocenters. The summed E-state index contributed by atoms with van der Waals surface area (Å²) in [6.45, 7) is 2.20. The molecule has 0 aromatic carbocycles. The van der Waals surface area contributed by atoms with Crippen LogP contribution in [-0.4, -0.2) is 6.29 Å². The van der Waals surface area contributed by atoms with Crippen LogP contribution in [0.15, 0.2) is 0 Å². The van der Waals surface area contributed by atoms with Gasteiger partial charge in [-0.05, 0) is 19.3 Å². The minimum absolute atomic E-state index is 0.0915. The van der Waals surface area contributed by atoms with Crippen LogP contribution in [0.25, 0.3) is 0 Å². The maximum atomic E-state index is 11.0. The highest BCUT2D eigenvalue weighted by atomic mass is 16.1. The number of rotatable bonds is 4. The summed E-state index contributed by atoms with van der Waals surface area (Å²) in [5.41, 5.74) is 0.0915. The van der Waals surface area contributed by atoms with E-state index in [1.54, 1.807) is 0 Å². The van der Waals surface area contributed by atoms with Crippen LogP contribution in [0.1, 0.15) is 58.3 Å².